The molecule has 24 heavy (non-hydrogen) atoms. The first-order valence-corrected chi connectivity index (χ1v) is 9.01. The van der Waals surface area contributed by atoms with Gasteiger partial charge in [-0.1, -0.05) is 42.5 Å². The van der Waals surface area contributed by atoms with E-state index in [0.717, 1.165) is 19.6 Å². The Kier molecular flexibility index (Phi) is 4.54. The highest BCUT2D eigenvalue weighted by Gasteiger charge is 2.41. The summed E-state index contributed by atoms with van der Waals surface area (Å²) in [6, 6.07) is 19.5. The summed E-state index contributed by atoms with van der Waals surface area (Å²) in [5, 5.41) is 9.51. The van der Waals surface area contributed by atoms with E-state index in [9.17, 15) is 5.11 Å². The fraction of sp³-hybridized carbons (Fsp3) is 0.429. The van der Waals surface area contributed by atoms with Gasteiger partial charge in [0.05, 0.1) is 12.7 Å². The van der Waals surface area contributed by atoms with Crippen LogP contribution in [0.1, 0.15) is 36.5 Å². The van der Waals surface area contributed by atoms with Crippen LogP contribution in [0.5, 0.6) is 5.75 Å². The lowest BCUT2D eigenvalue weighted by atomic mass is 9.99. The Morgan fingerprint density at radius 1 is 1.00 bits per heavy atom. The molecule has 0 aromatic heterocycles. The zero-order valence-corrected chi connectivity index (χ0v) is 14.0. The lowest BCUT2D eigenvalue weighted by Gasteiger charge is -2.39. The molecule has 2 saturated heterocycles. The van der Waals surface area contributed by atoms with E-state index in [0.29, 0.717) is 17.8 Å². The Bertz CT molecular complexity index is 655. The van der Waals surface area contributed by atoms with Gasteiger partial charge < -0.3 is 9.84 Å². The van der Waals surface area contributed by atoms with Crippen molar-refractivity contribution in [1.82, 2.24) is 4.90 Å². The molecule has 3 nitrogen and oxygen atoms in total. The predicted octanol–water partition coefficient (Wildman–Crippen LogP) is 3.93. The number of nitrogens with zero attached hydrogens (tertiary/aromatic N) is 1. The third-order valence-electron chi connectivity index (χ3n) is 5.52. The number of benzene rings is 2. The van der Waals surface area contributed by atoms with E-state index < -0.39 is 0 Å². The lowest BCUT2D eigenvalue weighted by molar-refractivity contribution is -0.0686. The minimum absolute atomic E-state index is 0.140. The van der Waals surface area contributed by atoms with Crippen LogP contribution in [-0.2, 0) is 11.2 Å². The third-order valence-corrected chi connectivity index (χ3v) is 5.52. The van der Waals surface area contributed by atoms with Gasteiger partial charge in [0.1, 0.15) is 5.75 Å². The minimum Gasteiger partial charge on any atom is -0.508 e. The molecule has 2 fully saturated rings. The van der Waals surface area contributed by atoms with Crippen LogP contribution in [0.25, 0.3) is 0 Å². The van der Waals surface area contributed by atoms with Gasteiger partial charge in [-0.25, -0.2) is 0 Å². The molecule has 3 atom stereocenters. The van der Waals surface area contributed by atoms with Crippen molar-refractivity contribution in [3.05, 3.63) is 65.7 Å². The van der Waals surface area contributed by atoms with Gasteiger partial charge in [0.25, 0.3) is 0 Å². The first-order valence-electron chi connectivity index (χ1n) is 9.01. The van der Waals surface area contributed by atoms with Crippen LogP contribution in [0, 0.1) is 0 Å². The largest absolute Gasteiger partial charge is 0.508 e. The Morgan fingerprint density at radius 2 is 1.79 bits per heavy atom. The maximum Gasteiger partial charge on any atom is 0.115 e. The van der Waals surface area contributed by atoms with E-state index in [4.69, 9.17) is 4.74 Å². The summed E-state index contributed by atoms with van der Waals surface area (Å²) in [6.07, 6.45) is 4.98. The van der Waals surface area contributed by atoms with Crippen molar-refractivity contribution in [2.75, 3.05) is 13.2 Å². The summed E-state index contributed by atoms with van der Waals surface area (Å²) in [5.74, 6) is 0.318. The average molecular weight is 323 g/mol. The number of hydrogen-bond acceptors (Lipinski definition) is 3. The van der Waals surface area contributed by atoms with Crippen molar-refractivity contribution in [3.63, 3.8) is 0 Å². The maximum atomic E-state index is 9.51. The van der Waals surface area contributed by atoms with Crippen molar-refractivity contribution in [1.29, 1.82) is 0 Å². The zero-order valence-electron chi connectivity index (χ0n) is 14.0. The van der Waals surface area contributed by atoms with E-state index in [1.54, 1.807) is 12.1 Å². The monoisotopic (exact) mass is 323 g/mol. The van der Waals surface area contributed by atoms with Gasteiger partial charge in [0, 0.05) is 18.6 Å². The Labute approximate surface area is 143 Å². The topological polar surface area (TPSA) is 32.7 Å². The first-order chi connectivity index (χ1) is 11.8. The van der Waals surface area contributed by atoms with Crippen molar-refractivity contribution in [2.24, 2.45) is 0 Å². The average Bonchev–Trinajstić information content (AvgIpc) is 3.05. The highest BCUT2D eigenvalue weighted by atomic mass is 16.5. The number of morpholine rings is 1. The second kappa shape index (κ2) is 6.96. The molecule has 0 bridgehead atoms. The molecule has 4 rings (SSSR count). The summed E-state index contributed by atoms with van der Waals surface area (Å²) in [5.41, 5.74) is 2.62. The van der Waals surface area contributed by atoms with E-state index in [2.05, 4.69) is 35.2 Å². The van der Waals surface area contributed by atoms with Crippen LogP contribution in [0.4, 0.5) is 0 Å². The number of phenols is 1. The molecule has 1 N–H and O–H groups in total. The molecular weight excluding hydrogens is 298 g/mol. The van der Waals surface area contributed by atoms with E-state index in [1.807, 2.05) is 12.1 Å². The number of aryl methyl sites for hydroxylation is 1. The van der Waals surface area contributed by atoms with Crippen LogP contribution in [-0.4, -0.2) is 35.2 Å². The Morgan fingerprint density at radius 3 is 2.58 bits per heavy atom. The van der Waals surface area contributed by atoms with Gasteiger partial charge in [0.2, 0.25) is 0 Å². The van der Waals surface area contributed by atoms with E-state index in [1.165, 1.54) is 30.4 Å². The Balaban J connectivity index is 1.43. The zero-order chi connectivity index (χ0) is 16.4. The molecule has 2 heterocycles. The van der Waals surface area contributed by atoms with Gasteiger partial charge in [-0.2, -0.15) is 0 Å². The molecule has 126 valence electrons. The first kappa shape index (κ1) is 15.7. The van der Waals surface area contributed by atoms with Crippen LogP contribution in [0.3, 0.4) is 0 Å². The molecule has 2 aromatic carbocycles. The van der Waals surface area contributed by atoms with Crippen molar-refractivity contribution >= 4 is 0 Å². The van der Waals surface area contributed by atoms with Crippen molar-refractivity contribution in [2.45, 2.75) is 43.9 Å². The van der Waals surface area contributed by atoms with Crippen molar-refractivity contribution in [3.8, 4) is 5.75 Å². The highest BCUT2D eigenvalue weighted by Crippen LogP contribution is 2.39. The van der Waals surface area contributed by atoms with Crippen LogP contribution in [0.2, 0.25) is 0 Å². The standard InChI is InChI=1S/C21H25NO2/c23-19-11-7-17(8-12-19)21-20-13-10-18(22(20)14-15-24-21)9-6-16-4-2-1-3-5-16/h1-5,7-8,11-12,18,20-21,23H,6,9-10,13-15H2/t18-,20+,21+/m1/s1. The molecule has 0 aliphatic carbocycles. The summed E-state index contributed by atoms with van der Waals surface area (Å²) in [4.78, 5) is 2.67. The number of hydrogen-bond donors (Lipinski definition) is 1. The fourth-order valence-electron chi connectivity index (χ4n) is 4.31. The van der Waals surface area contributed by atoms with E-state index in [-0.39, 0.29) is 6.10 Å². The second-order valence-corrected chi connectivity index (χ2v) is 6.94. The van der Waals surface area contributed by atoms with Crippen molar-refractivity contribution < 1.29 is 9.84 Å². The van der Waals surface area contributed by atoms with Crippen LogP contribution >= 0.6 is 0 Å². The second-order valence-electron chi connectivity index (χ2n) is 6.94. The molecule has 0 spiro atoms. The molecule has 2 aromatic rings. The lowest BCUT2D eigenvalue weighted by Crippen LogP contribution is -2.46. The van der Waals surface area contributed by atoms with Gasteiger partial charge in [-0.05, 0) is 48.9 Å². The van der Waals surface area contributed by atoms with Crippen LogP contribution < -0.4 is 0 Å². The number of ether oxygens (including phenoxy) is 1. The summed E-state index contributed by atoms with van der Waals surface area (Å²) in [6.45, 7) is 1.84. The molecule has 3 heteroatoms. The molecule has 0 amide bonds. The molecule has 0 saturated carbocycles. The fourth-order valence-corrected chi connectivity index (χ4v) is 4.31. The summed E-state index contributed by atoms with van der Waals surface area (Å²) >= 11 is 0. The minimum atomic E-state index is 0.140. The number of fused-ring (bicyclic) bond motifs is 1. The molecular formula is C21H25NO2. The normalized spacial score (nSPS) is 27.1. The summed E-state index contributed by atoms with van der Waals surface area (Å²) < 4.78 is 6.11. The number of phenolic OH excluding ortho intramolecular Hbond substituents is 1. The summed E-state index contributed by atoms with van der Waals surface area (Å²) in [7, 11) is 0. The van der Waals surface area contributed by atoms with E-state index >= 15 is 0 Å². The van der Waals surface area contributed by atoms with Gasteiger partial charge in [0.15, 0.2) is 0 Å². The molecule has 0 unspecified atom stereocenters. The number of aromatic hydroxyl groups is 1. The highest BCUT2D eigenvalue weighted by molar-refractivity contribution is 5.28. The number of rotatable bonds is 4. The predicted molar refractivity (Wildman–Crippen MR) is 95.1 cm³/mol. The van der Waals surface area contributed by atoms with Crippen LogP contribution in [0.15, 0.2) is 54.6 Å². The molecule has 0 radical (unpaired) electrons. The Hall–Kier alpha value is -1.84. The van der Waals surface area contributed by atoms with Gasteiger partial charge >= 0.3 is 0 Å². The maximum absolute atomic E-state index is 9.51. The molecule has 2 aliphatic rings. The van der Waals surface area contributed by atoms with Gasteiger partial charge in [-0.15, -0.1) is 0 Å². The van der Waals surface area contributed by atoms with Gasteiger partial charge in [-0.3, -0.25) is 4.90 Å². The SMILES string of the molecule is Oc1ccc([C@@H]2OCCN3[C@H](CCc4ccccc4)CC[C@@H]23)cc1. The third kappa shape index (κ3) is 3.19. The smallest absolute Gasteiger partial charge is 0.115 e. The molecule has 2 aliphatic heterocycles. The quantitative estimate of drug-likeness (QED) is 0.925.